The molecule has 0 saturated carbocycles. The van der Waals surface area contributed by atoms with E-state index >= 15 is 0 Å². The number of hydrogen-bond acceptors (Lipinski definition) is 3. The average molecular weight is 264 g/mol. The van der Waals surface area contributed by atoms with Gasteiger partial charge >= 0.3 is 0 Å². The van der Waals surface area contributed by atoms with Crippen molar-refractivity contribution < 1.29 is 9.90 Å². The standard InChI is InChI=1S/C6H5ClS.C2H4O2.CH5N3/c7-8-6-4-2-1-3-5-6;1-2(3)4;2-1(3)4/h1-5H;1H3,(H,3,4);(H5,2,3,4). The van der Waals surface area contributed by atoms with E-state index in [9.17, 15) is 0 Å². The Morgan fingerprint density at radius 2 is 1.69 bits per heavy atom. The number of benzene rings is 1. The van der Waals surface area contributed by atoms with Crippen molar-refractivity contribution in [3.05, 3.63) is 30.3 Å². The predicted octanol–water partition coefficient (Wildman–Crippen LogP) is 1.86. The average Bonchev–Trinajstić information content (AvgIpc) is 2.17. The van der Waals surface area contributed by atoms with Crippen molar-refractivity contribution in [1.82, 2.24) is 0 Å². The summed E-state index contributed by atoms with van der Waals surface area (Å²) < 4.78 is 0. The third kappa shape index (κ3) is 22.9. The third-order valence-corrected chi connectivity index (χ3v) is 1.82. The molecule has 1 rings (SSSR count). The minimum absolute atomic E-state index is 0.333. The second-order valence-electron chi connectivity index (χ2n) is 2.36. The van der Waals surface area contributed by atoms with Crippen molar-refractivity contribution in [2.45, 2.75) is 11.8 Å². The number of carboxylic acid groups (broad SMARTS) is 1. The summed E-state index contributed by atoms with van der Waals surface area (Å²) in [5.41, 5.74) is 8.94. The fourth-order valence-corrected chi connectivity index (χ4v) is 1.04. The van der Waals surface area contributed by atoms with Gasteiger partial charge in [0.25, 0.3) is 5.97 Å². The minimum atomic E-state index is -0.833. The largest absolute Gasteiger partial charge is 0.481 e. The van der Waals surface area contributed by atoms with E-state index in [2.05, 4.69) is 11.5 Å². The molecule has 1 aromatic rings. The molecule has 0 aliphatic carbocycles. The third-order valence-electron chi connectivity index (χ3n) is 0.832. The molecule has 0 radical (unpaired) electrons. The fourth-order valence-electron chi connectivity index (χ4n) is 0.472. The van der Waals surface area contributed by atoms with E-state index in [1.807, 2.05) is 30.3 Å². The number of nitrogens with one attached hydrogen (secondary N) is 1. The lowest BCUT2D eigenvalue weighted by atomic mass is 10.4. The lowest BCUT2D eigenvalue weighted by Gasteiger charge is -1.86. The Balaban J connectivity index is 0. The zero-order valence-electron chi connectivity index (χ0n) is 8.68. The van der Waals surface area contributed by atoms with E-state index in [1.165, 1.54) is 11.0 Å². The van der Waals surface area contributed by atoms with Crippen LogP contribution in [0.15, 0.2) is 35.2 Å². The van der Waals surface area contributed by atoms with Crippen LogP contribution in [0.25, 0.3) is 0 Å². The van der Waals surface area contributed by atoms with Crippen LogP contribution in [0.2, 0.25) is 0 Å². The van der Waals surface area contributed by atoms with Crippen LogP contribution < -0.4 is 11.5 Å². The topological polar surface area (TPSA) is 113 Å². The molecule has 6 N–H and O–H groups in total. The molecule has 16 heavy (non-hydrogen) atoms. The van der Waals surface area contributed by atoms with Gasteiger partial charge in [-0.1, -0.05) is 18.2 Å². The summed E-state index contributed by atoms with van der Waals surface area (Å²) in [6, 6.07) is 9.83. The van der Waals surface area contributed by atoms with Gasteiger partial charge in [0.2, 0.25) is 0 Å². The van der Waals surface area contributed by atoms with Gasteiger partial charge in [0.05, 0.1) is 0 Å². The molecular weight excluding hydrogens is 250 g/mol. The van der Waals surface area contributed by atoms with Crippen LogP contribution in [-0.2, 0) is 4.79 Å². The molecule has 0 amide bonds. The lowest BCUT2D eigenvalue weighted by molar-refractivity contribution is -0.134. The Hall–Kier alpha value is -1.40. The lowest BCUT2D eigenvalue weighted by Crippen LogP contribution is -2.20. The molecule has 0 aromatic heterocycles. The van der Waals surface area contributed by atoms with Crippen LogP contribution in [0.1, 0.15) is 6.92 Å². The predicted molar refractivity (Wildman–Crippen MR) is 67.6 cm³/mol. The van der Waals surface area contributed by atoms with E-state index in [0.29, 0.717) is 0 Å². The number of guanidine groups is 1. The second kappa shape index (κ2) is 11.7. The van der Waals surface area contributed by atoms with Crippen molar-refractivity contribution in [2.24, 2.45) is 11.5 Å². The molecule has 0 atom stereocenters. The smallest absolute Gasteiger partial charge is 0.300 e. The maximum absolute atomic E-state index is 9.00. The Morgan fingerprint density at radius 3 is 1.88 bits per heavy atom. The van der Waals surface area contributed by atoms with E-state index in [-0.39, 0.29) is 5.96 Å². The number of carboxylic acids is 1. The van der Waals surface area contributed by atoms with E-state index in [0.717, 1.165) is 11.8 Å². The van der Waals surface area contributed by atoms with Crippen LogP contribution in [-0.4, -0.2) is 17.0 Å². The number of carbonyl (C=O) groups is 1. The van der Waals surface area contributed by atoms with Gasteiger partial charge < -0.3 is 16.6 Å². The van der Waals surface area contributed by atoms with Gasteiger partial charge in [0.15, 0.2) is 5.96 Å². The summed E-state index contributed by atoms with van der Waals surface area (Å²) in [7, 11) is 6.68. The molecule has 0 saturated heterocycles. The number of halogens is 1. The van der Waals surface area contributed by atoms with Crippen LogP contribution >= 0.6 is 21.7 Å². The molecule has 0 fully saturated rings. The van der Waals surface area contributed by atoms with Gasteiger partial charge in [0.1, 0.15) is 0 Å². The summed E-state index contributed by atoms with van der Waals surface area (Å²) in [5.74, 6) is -1.17. The van der Waals surface area contributed by atoms with Crippen LogP contribution in [0, 0.1) is 5.41 Å². The van der Waals surface area contributed by atoms with E-state index in [4.69, 9.17) is 26.0 Å². The zero-order valence-corrected chi connectivity index (χ0v) is 10.3. The van der Waals surface area contributed by atoms with Crippen molar-refractivity contribution in [2.75, 3.05) is 0 Å². The number of hydrogen-bond donors (Lipinski definition) is 4. The van der Waals surface area contributed by atoms with Gasteiger partial charge in [-0.15, -0.1) is 0 Å². The van der Waals surface area contributed by atoms with Crippen molar-refractivity contribution in [3.8, 4) is 0 Å². The molecule has 5 nitrogen and oxygen atoms in total. The van der Waals surface area contributed by atoms with Gasteiger partial charge in [-0.3, -0.25) is 10.2 Å². The minimum Gasteiger partial charge on any atom is -0.481 e. The molecule has 90 valence electrons. The van der Waals surface area contributed by atoms with E-state index < -0.39 is 5.97 Å². The van der Waals surface area contributed by atoms with Gasteiger partial charge in [-0.05, 0) is 33.8 Å². The molecule has 0 aliphatic heterocycles. The first-order valence-electron chi connectivity index (χ1n) is 4.02. The van der Waals surface area contributed by atoms with Crippen LogP contribution in [0.3, 0.4) is 0 Å². The van der Waals surface area contributed by atoms with Gasteiger partial charge in [0, 0.05) is 11.8 Å². The number of nitrogens with two attached hydrogens (primary N) is 2. The zero-order chi connectivity index (χ0) is 13.0. The molecular formula is C9H14ClN3O2S. The van der Waals surface area contributed by atoms with Gasteiger partial charge in [-0.2, -0.15) is 0 Å². The van der Waals surface area contributed by atoms with Gasteiger partial charge in [-0.25, -0.2) is 0 Å². The van der Waals surface area contributed by atoms with E-state index in [1.54, 1.807) is 0 Å². The Bertz CT molecular complexity index is 289. The fraction of sp³-hybridized carbons (Fsp3) is 0.111. The highest BCUT2D eigenvalue weighted by Crippen LogP contribution is 2.19. The monoisotopic (exact) mass is 263 g/mol. The highest BCUT2D eigenvalue weighted by Gasteiger charge is 1.82. The maximum atomic E-state index is 9.00. The summed E-state index contributed by atoms with van der Waals surface area (Å²) in [5, 5.41) is 13.5. The first-order valence-corrected chi connectivity index (χ1v) is 5.67. The molecule has 0 bridgehead atoms. The number of rotatable bonds is 1. The highest BCUT2D eigenvalue weighted by molar-refractivity contribution is 8.21. The summed E-state index contributed by atoms with van der Waals surface area (Å²) in [4.78, 5) is 10.1. The normalized spacial score (nSPS) is 7.62. The molecule has 7 heteroatoms. The Kier molecular flexibility index (Phi) is 12.4. The first-order chi connectivity index (χ1) is 7.40. The maximum Gasteiger partial charge on any atom is 0.300 e. The summed E-state index contributed by atoms with van der Waals surface area (Å²) in [6.07, 6.45) is 0. The van der Waals surface area contributed by atoms with Crippen molar-refractivity contribution in [1.29, 1.82) is 5.41 Å². The summed E-state index contributed by atoms with van der Waals surface area (Å²) >= 11 is 0. The van der Waals surface area contributed by atoms with Crippen molar-refractivity contribution >= 4 is 33.6 Å². The Morgan fingerprint density at radius 1 is 1.38 bits per heavy atom. The van der Waals surface area contributed by atoms with Crippen molar-refractivity contribution in [3.63, 3.8) is 0 Å². The molecule has 0 unspecified atom stereocenters. The molecule has 0 heterocycles. The Labute approximate surface area is 103 Å². The van der Waals surface area contributed by atoms with Crippen LogP contribution in [0.5, 0.6) is 0 Å². The molecule has 0 aliphatic rings. The quantitative estimate of drug-likeness (QED) is 0.456. The summed E-state index contributed by atoms with van der Waals surface area (Å²) in [6.45, 7) is 1.08. The SMILES string of the molecule is CC(=O)O.ClSc1ccccc1.N=C(N)N. The molecule has 1 aromatic carbocycles. The first kappa shape index (κ1) is 17.0. The molecule has 0 spiro atoms. The number of aliphatic carboxylic acids is 1. The second-order valence-corrected chi connectivity index (χ2v) is 3.45. The highest BCUT2D eigenvalue weighted by atomic mass is 35.7. The van der Waals surface area contributed by atoms with Crippen LogP contribution in [0.4, 0.5) is 0 Å².